The smallest absolute Gasteiger partial charge is 0.307 e. The van der Waals surface area contributed by atoms with Crippen molar-refractivity contribution in [2.45, 2.75) is 78.7 Å². The maximum atomic E-state index is 12.6. The zero-order valence-electron chi connectivity index (χ0n) is 19.5. The summed E-state index contributed by atoms with van der Waals surface area (Å²) in [5.41, 5.74) is 0.273. The third-order valence-electron chi connectivity index (χ3n) is 8.73. The summed E-state index contributed by atoms with van der Waals surface area (Å²) in [5.74, 6) is 0.560. The summed E-state index contributed by atoms with van der Waals surface area (Å²) in [5, 5.41) is 3.44. The Kier molecular flexibility index (Phi) is 8.02. The summed E-state index contributed by atoms with van der Waals surface area (Å²) in [4.78, 5) is 17.8. The molecule has 3 atom stereocenters. The number of nitrogens with one attached hydrogen (secondary N) is 1. The van der Waals surface area contributed by atoms with Crippen molar-refractivity contribution >= 4 is 5.97 Å². The fourth-order valence-corrected chi connectivity index (χ4v) is 5.72. The molecule has 3 unspecified atom stereocenters. The second-order valence-electron chi connectivity index (χ2n) is 10.6. The molecule has 29 heavy (non-hydrogen) atoms. The van der Waals surface area contributed by atoms with Crippen LogP contribution in [-0.2, 0) is 9.53 Å². The zero-order chi connectivity index (χ0) is 20.9. The molecular formula is C24H45N3O2. The Morgan fingerprint density at radius 1 is 0.897 bits per heavy atom. The van der Waals surface area contributed by atoms with Crippen LogP contribution in [0.25, 0.3) is 0 Å². The molecule has 2 bridgehead atoms. The average Bonchev–Trinajstić information content (AvgIpc) is 2.85. The van der Waals surface area contributed by atoms with Crippen molar-refractivity contribution < 1.29 is 9.53 Å². The Morgan fingerprint density at radius 2 is 1.55 bits per heavy atom. The predicted octanol–water partition coefficient (Wildman–Crippen LogP) is 3.53. The van der Waals surface area contributed by atoms with Crippen LogP contribution in [0.3, 0.4) is 0 Å². The highest BCUT2D eigenvalue weighted by molar-refractivity contribution is 5.70. The van der Waals surface area contributed by atoms with Crippen molar-refractivity contribution in [3.05, 3.63) is 0 Å². The van der Waals surface area contributed by atoms with Crippen molar-refractivity contribution in [1.29, 1.82) is 0 Å². The SMILES string of the molecule is CC1CC2OC(=O)CCNCCCN3CCN(CCCCCC2(C)C1(C)C)CC3. The molecular weight excluding hydrogens is 362 g/mol. The van der Waals surface area contributed by atoms with Crippen LogP contribution in [0.4, 0.5) is 0 Å². The number of carbonyl (C=O) groups is 1. The Hall–Kier alpha value is -0.650. The highest BCUT2D eigenvalue weighted by Crippen LogP contribution is 2.59. The summed E-state index contributed by atoms with van der Waals surface area (Å²) in [6, 6.07) is 0. The first-order valence-electron chi connectivity index (χ1n) is 12.2. The topological polar surface area (TPSA) is 44.8 Å². The van der Waals surface area contributed by atoms with Gasteiger partial charge in [0.2, 0.25) is 0 Å². The summed E-state index contributed by atoms with van der Waals surface area (Å²) in [7, 11) is 0. The van der Waals surface area contributed by atoms with Crippen molar-refractivity contribution in [3.63, 3.8) is 0 Å². The first-order valence-corrected chi connectivity index (χ1v) is 12.2. The molecule has 0 radical (unpaired) electrons. The van der Waals surface area contributed by atoms with Gasteiger partial charge in [0.05, 0.1) is 6.42 Å². The minimum absolute atomic E-state index is 0.0215. The summed E-state index contributed by atoms with van der Waals surface area (Å²) in [6.45, 7) is 18.5. The molecule has 1 aliphatic carbocycles. The number of esters is 1. The lowest BCUT2D eigenvalue weighted by molar-refractivity contribution is -0.157. The molecule has 0 amide bonds. The molecule has 1 saturated carbocycles. The van der Waals surface area contributed by atoms with Crippen LogP contribution in [0.2, 0.25) is 0 Å². The van der Waals surface area contributed by atoms with E-state index < -0.39 is 0 Å². The number of ether oxygens (including phenoxy) is 1. The van der Waals surface area contributed by atoms with Crippen molar-refractivity contribution in [1.82, 2.24) is 15.1 Å². The maximum Gasteiger partial charge on any atom is 0.307 e. The van der Waals surface area contributed by atoms with Gasteiger partial charge in [-0.3, -0.25) is 4.79 Å². The Bertz CT molecular complexity index is 530. The Labute approximate surface area is 178 Å². The number of fused-ring (bicyclic) bond motifs is 13. The van der Waals surface area contributed by atoms with Crippen LogP contribution in [0.15, 0.2) is 0 Å². The largest absolute Gasteiger partial charge is 0.462 e. The second-order valence-corrected chi connectivity index (χ2v) is 10.6. The highest BCUT2D eigenvalue weighted by Gasteiger charge is 2.56. The van der Waals surface area contributed by atoms with E-state index in [0.29, 0.717) is 12.3 Å². The normalized spacial score (nSPS) is 40.3. The number of hydrogen-bond acceptors (Lipinski definition) is 5. The van der Waals surface area contributed by atoms with Crippen LogP contribution >= 0.6 is 0 Å². The molecule has 3 saturated heterocycles. The first-order chi connectivity index (χ1) is 13.8. The number of nitrogens with zero attached hydrogens (tertiary/aromatic N) is 2. The van der Waals surface area contributed by atoms with E-state index in [1.807, 2.05) is 0 Å². The molecule has 0 aromatic heterocycles. The van der Waals surface area contributed by atoms with E-state index in [1.165, 1.54) is 58.5 Å². The Balaban J connectivity index is 1.62. The molecule has 1 N–H and O–H groups in total. The summed E-state index contributed by atoms with van der Waals surface area (Å²) >= 11 is 0. The van der Waals surface area contributed by atoms with Gasteiger partial charge in [0.15, 0.2) is 0 Å². The minimum atomic E-state index is -0.0215. The lowest BCUT2D eigenvalue weighted by atomic mass is 9.63. The number of carbonyl (C=O) groups excluding carboxylic acids is 1. The third kappa shape index (κ3) is 5.54. The fraction of sp³-hybridized carbons (Fsp3) is 0.958. The van der Waals surface area contributed by atoms with Gasteiger partial charge in [-0.1, -0.05) is 40.5 Å². The van der Waals surface area contributed by atoms with Crippen molar-refractivity contribution in [3.8, 4) is 0 Å². The van der Waals surface area contributed by atoms with Gasteiger partial charge in [-0.25, -0.2) is 0 Å². The lowest BCUT2D eigenvalue weighted by Gasteiger charge is -2.43. The molecule has 5 nitrogen and oxygen atoms in total. The van der Waals surface area contributed by atoms with E-state index >= 15 is 0 Å². The van der Waals surface area contributed by atoms with Gasteiger partial charge in [-0.05, 0) is 56.7 Å². The lowest BCUT2D eigenvalue weighted by Crippen LogP contribution is -2.47. The molecule has 0 aromatic carbocycles. The molecule has 0 spiro atoms. The molecule has 4 aliphatic rings. The van der Waals surface area contributed by atoms with Crippen LogP contribution in [0.5, 0.6) is 0 Å². The minimum Gasteiger partial charge on any atom is -0.462 e. The van der Waals surface area contributed by atoms with Crippen LogP contribution in [0, 0.1) is 16.7 Å². The van der Waals surface area contributed by atoms with E-state index in [-0.39, 0.29) is 22.9 Å². The molecule has 3 heterocycles. The van der Waals surface area contributed by atoms with Crippen molar-refractivity contribution in [2.24, 2.45) is 16.7 Å². The summed E-state index contributed by atoms with van der Waals surface area (Å²) in [6.07, 6.45) is 7.68. The quantitative estimate of drug-likeness (QED) is 0.623. The van der Waals surface area contributed by atoms with E-state index in [9.17, 15) is 4.79 Å². The van der Waals surface area contributed by atoms with E-state index in [0.717, 1.165) is 32.4 Å². The number of hydrogen-bond donors (Lipinski definition) is 1. The molecule has 3 aliphatic heterocycles. The predicted molar refractivity (Wildman–Crippen MR) is 119 cm³/mol. The third-order valence-corrected chi connectivity index (χ3v) is 8.73. The maximum absolute atomic E-state index is 12.6. The van der Waals surface area contributed by atoms with Gasteiger partial charge >= 0.3 is 5.97 Å². The Morgan fingerprint density at radius 3 is 2.24 bits per heavy atom. The second kappa shape index (κ2) is 10.1. The average molecular weight is 408 g/mol. The van der Waals surface area contributed by atoms with E-state index in [4.69, 9.17) is 4.74 Å². The number of rotatable bonds is 0. The molecule has 0 aromatic rings. The molecule has 5 heteroatoms. The standard InChI is InChI=1S/C24H45N3O2/c1-20-19-21-24(4,23(20,2)3)10-6-5-7-13-26-15-17-27(18-16-26)14-8-11-25-12-9-22(28)29-21/h20-21,25H,5-19H2,1-4H3. The molecule has 4 fully saturated rings. The van der Waals surface area contributed by atoms with Gasteiger partial charge in [0, 0.05) is 38.1 Å². The molecule has 168 valence electrons. The van der Waals surface area contributed by atoms with Crippen LogP contribution in [0.1, 0.15) is 72.6 Å². The highest BCUT2D eigenvalue weighted by atomic mass is 16.5. The van der Waals surface area contributed by atoms with Crippen LogP contribution in [-0.4, -0.2) is 74.2 Å². The van der Waals surface area contributed by atoms with Gasteiger partial charge in [0.25, 0.3) is 0 Å². The van der Waals surface area contributed by atoms with Gasteiger partial charge in [-0.2, -0.15) is 0 Å². The van der Waals surface area contributed by atoms with Gasteiger partial charge in [0.1, 0.15) is 6.10 Å². The fourth-order valence-electron chi connectivity index (χ4n) is 5.72. The first kappa shape index (κ1) is 23.0. The summed E-state index contributed by atoms with van der Waals surface area (Å²) < 4.78 is 6.10. The monoisotopic (exact) mass is 407 g/mol. The van der Waals surface area contributed by atoms with E-state index in [2.05, 4.69) is 42.8 Å². The number of piperazine rings is 1. The van der Waals surface area contributed by atoms with Crippen LogP contribution < -0.4 is 5.32 Å². The van der Waals surface area contributed by atoms with Crippen molar-refractivity contribution in [2.75, 3.05) is 52.4 Å². The van der Waals surface area contributed by atoms with Gasteiger partial charge in [-0.15, -0.1) is 0 Å². The molecule has 4 rings (SSSR count). The zero-order valence-corrected chi connectivity index (χ0v) is 19.5. The van der Waals surface area contributed by atoms with Gasteiger partial charge < -0.3 is 19.9 Å². The van der Waals surface area contributed by atoms with E-state index in [1.54, 1.807) is 0 Å².